The molecule has 2 aliphatic heterocycles. The van der Waals surface area contributed by atoms with Crippen LogP contribution in [-0.4, -0.2) is 6.71 Å². The van der Waals surface area contributed by atoms with Crippen molar-refractivity contribution in [2.24, 2.45) is 0 Å². The van der Waals surface area contributed by atoms with Gasteiger partial charge >= 0.3 is 0 Å². The number of aryl methyl sites for hydroxylation is 1. The van der Waals surface area contributed by atoms with Crippen LogP contribution in [0.3, 0.4) is 0 Å². The maximum absolute atomic E-state index is 2.82. The fourth-order valence-electron chi connectivity index (χ4n) is 19.0. The number of para-hydroxylation sites is 2. The molecule has 0 amide bonds. The van der Waals surface area contributed by atoms with Crippen LogP contribution in [0.5, 0.6) is 0 Å². The molecule has 15 aromatic carbocycles. The Kier molecular flexibility index (Phi) is 15.2. The summed E-state index contributed by atoms with van der Waals surface area (Å²) in [6, 6.07) is 120. The molecule has 0 saturated carbocycles. The van der Waals surface area contributed by atoms with Gasteiger partial charge in [0.25, 0.3) is 6.71 Å². The predicted octanol–water partition coefficient (Wildman–Crippen LogP) is 29.3. The Hall–Kier alpha value is -11.7. The van der Waals surface area contributed by atoms with Gasteiger partial charge in [0.15, 0.2) is 0 Å². The first-order valence-electron chi connectivity index (χ1n) is 38.9. The Labute approximate surface area is 663 Å². The molecule has 528 valence electrons. The standard InChI is InChI=1S/C104H75BN2S4/c1-103(2,3)80-60-82-84(58-78(80)63-32-12-8-13-33-63)106(101-70(66-40-26-52-92-96(66)74-36-16-20-48-88(74)108-92)44-24-45-71(101)67-41-27-53-93-97(67)75-37-17-21-49-89(75)109-93)86-56-65(62-30-10-7-11-31-62)57-87-100(86)105(82)83-61-81(104(4,5)6)79(64-34-14-9-15-35-64)59-85(83)107(87)102-72(68-42-28-54-94-98(68)76-38-18-22-50-90(76)110-94)46-25-47-73(102)69-43-29-55-95-99(69)77-39-19-23-51-91(77)111-95/h7-22,24-50,52-61H,23,51H2,1-6H3. The monoisotopic (exact) mass is 1490 g/mol. The summed E-state index contributed by atoms with van der Waals surface area (Å²) in [5.41, 5.74) is 30.8. The van der Waals surface area contributed by atoms with Crippen molar-refractivity contribution in [2.45, 2.75) is 65.2 Å². The summed E-state index contributed by atoms with van der Waals surface area (Å²) in [7, 11) is 0. The Balaban J connectivity index is 0.964. The molecule has 0 unspecified atom stereocenters. The number of thiophene rings is 4. The van der Waals surface area contributed by atoms with Crippen LogP contribution in [0, 0.1) is 0 Å². The fourth-order valence-corrected chi connectivity index (χ4v) is 23.6. The number of anilines is 6. The van der Waals surface area contributed by atoms with Gasteiger partial charge in [-0.2, -0.15) is 0 Å². The van der Waals surface area contributed by atoms with E-state index in [1.165, 1.54) is 181 Å². The maximum atomic E-state index is 2.82. The Morgan fingerprint density at radius 2 is 0.631 bits per heavy atom. The van der Waals surface area contributed by atoms with Crippen molar-refractivity contribution in [1.29, 1.82) is 0 Å². The molecule has 0 bridgehead atoms. The third-order valence-electron chi connectivity index (χ3n) is 23.8. The lowest BCUT2D eigenvalue weighted by Crippen LogP contribution is -2.62. The second-order valence-corrected chi connectivity index (χ2v) is 36.7. The summed E-state index contributed by atoms with van der Waals surface area (Å²) in [4.78, 5) is 7.08. The molecule has 3 aliphatic rings. The van der Waals surface area contributed by atoms with Gasteiger partial charge in [-0.05, 0) is 179 Å². The molecule has 0 saturated heterocycles. The predicted molar refractivity (Wildman–Crippen MR) is 487 cm³/mol. The van der Waals surface area contributed by atoms with Gasteiger partial charge in [-0.1, -0.05) is 296 Å². The molecule has 22 rings (SSSR count). The molecule has 4 aromatic heterocycles. The second kappa shape index (κ2) is 25.4. The van der Waals surface area contributed by atoms with Crippen LogP contribution in [0.1, 0.15) is 69.5 Å². The van der Waals surface area contributed by atoms with E-state index in [2.05, 4.69) is 373 Å². The van der Waals surface area contributed by atoms with Crippen molar-refractivity contribution in [3.05, 3.63) is 337 Å². The van der Waals surface area contributed by atoms with E-state index < -0.39 is 0 Å². The summed E-state index contributed by atoms with van der Waals surface area (Å²) in [5.74, 6) is 0. The van der Waals surface area contributed by atoms with Gasteiger partial charge in [-0.25, -0.2) is 0 Å². The molecule has 2 nitrogen and oxygen atoms in total. The zero-order valence-corrected chi connectivity index (χ0v) is 65.9. The van der Waals surface area contributed by atoms with Crippen molar-refractivity contribution in [3.63, 3.8) is 0 Å². The van der Waals surface area contributed by atoms with Gasteiger partial charge in [0.2, 0.25) is 0 Å². The van der Waals surface area contributed by atoms with E-state index in [0.29, 0.717) is 0 Å². The number of hydrogen-bond donors (Lipinski definition) is 0. The van der Waals surface area contributed by atoms with Crippen LogP contribution < -0.4 is 26.2 Å². The summed E-state index contributed by atoms with van der Waals surface area (Å²) in [6.45, 7) is 14.3. The first-order valence-corrected chi connectivity index (χ1v) is 42.1. The van der Waals surface area contributed by atoms with Crippen molar-refractivity contribution >= 4 is 179 Å². The van der Waals surface area contributed by atoms with E-state index in [1.807, 2.05) is 45.3 Å². The molecule has 19 aromatic rings. The maximum Gasteiger partial charge on any atom is 0.252 e. The molecule has 0 radical (unpaired) electrons. The van der Waals surface area contributed by atoms with Crippen LogP contribution in [-0.2, 0) is 17.3 Å². The molecule has 0 N–H and O–H groups in total. The van der Waals surface area contributed by atoms with Crippen molar-refractivity contribution in [3.8, 4) is 77.9 Å². The average molecular weight is 1490 g/mol. The summed E-state index contributed by atoms with van der Waals surface area (Å²) >= 11 is 7.65. The SMILES string of the molecule is CC(C)(C)c1cc2c(cc1-c1ccccc1)N(c1c(-c3cccc4sc5c(c34)C=CCC5)cccc1-c1cccc3sc4ccccc4c13)c1cc(-c3ccccc3)cc3c1B2c1cc(C(C)(C)C)c(-c2ccccc2)cc1N3c1c(-c2cccc3sc4ccccc4c23)cccc1-c1cccc2sc3ccccc3c12. The smallest absolute Gasteiger partial charge is 0.252 e. The summed E-state index contributed by atoms with van der Waals surface area (Å²) in [5, 5.41) is 8.97. The summed E-state index contributed by atoms with van der Waals surface area (Å²) < 4.78 is 8.98. The van der Waals surface area contributed by atoms with Gasteiger partial charge in [-0.15, -0.1) is 45.3 Å². The van der Waals surface area contributed by atoms with Gasteiger partial charge in [-0.3, -0.25) is 0 Å². The molecule has 7 heteroatoms. The van der Waals surface area contributed by atoms with E-state index in [9.17, 15) is 0 Å². The van der Waals surface area contributed by atoms with Crippen LogP contribution in [0.4, 0.5) is 34.1 Å². The van der Waals surface area contributed by atoms with E-state index >= 15 is 0 Å². The minimum Gasteiger partial charge on any atom is -0.310 e. The van der Waals surface area contributed by atoms with E-state index in [4.69, 9.17) is 0 Å². The van der Waals surface area contributed by atoms with E-state index in [1.54, 1.807) is 0 Å². The van der Waals surface area contributed by atoms with Crippen LogP contribution in [0.15, 0.2) is 315 Å². The number of benzene rings is 15. The quantitative estimate of drug-likeness (QED) is 0.133. The lowest BCUT2D eigenvalue weighted by atomic mass is 9.33. The Bertz CT molecular complexity index is 6990. The minimum absolute atomic E-state index is 0.282. The van der Waals surface area contributed by atoms with Crippen LogP contribution in [0.25, 0.3) is 155 Å². The third kappa shape index (κ3) is 10.4. The third-order valence-corrected chi connectivity index (χ3v) is 28.4. The second-order valence-electron chi connectivity index (χ2n) is 32.3. The van der Waals surface area contributed by atoms with Gasteiger partial charge in [0.05, 0.1) is 11.4 Å². The normalized spacial score (nSPS) is 13.3. The van der Waals surface area contributed by atoms with Crippen molar-refractivity contribution < 1.29 is 0 Å². The lowest BCUT2D eigenvalue weighted by Gasteiger charge is -2.47. The largest absolute Gasteiger partial charge is 0.310 e. The molecular formula is C104H75BN2S4. The first-order chi connectivity index (χ1) is 54.4. The first kappa shape index (κ1) is 66.3. The molecular weight excluding hydrogens is 1420 g/mol. The molecule has 0 fully saturated rings. The number of nitrogens with zero attached hydrogens (tertiary/aromatic N) is 2. The van der Waals surface area contributed by atoms with Crippen LogP contribution >= 0.6 is 45.3 Å². The Morgan fingerprint density at radius 3 is 1.04 bits per heavy atom. The van der Waals surface area contributed by atoms with Gasteiger partial charge in [0.1, 0.15) is 0 Å². The van der Waals surface area contributed by atoms with Gasteiger partial charge in [0, 0.05) is 120 Å². The minimum atomic E-state index is -0.297. The number of rotatable bonds is 9. The number of fused-ring (bicyclic) bond motifs is 16. The zero-order chi connectivity index (χ0) is 74.1. The molecule has 111 heavy (non-hydrogen) atoms. The highest BCUT2D eigenvalue weighted by molar-refractivity contribution is 7.26. The van der Waals surface area contributed by atoms with Crippen molar-refractivity contribution in [2.75, 3.05) is 9.80 Å². The molecule has 1 aliphatic carbocycles. The fraction of sp³-hybridized carbons (Fsp3) is 0.0962. The highest BCUT2D eigenvalue weighted by Crippen LogP contribution is 2.59. The van der Waals surface area contributed by atoms with E-state index in [0.717, 1.165) is 52.4 Å². The average Bonchev–Trinajstić information content (AvgIpc) is 1.49. The lowest BCUT2D eigenvalue weighted by molar-refractivity contribution is 0.592. The highest BCUT2D eigenvalue weighted by atomic mass is 32.1. The van der Waals surface area contributed by atoms with Gasteiger partial charge < -0.3 is 9.80 Å². The van der Waals surface area contributed by atoms with Crippen LogP contribution in [0.2, 0.25) is 0 Å². The zero-order valence-electron chi connectivity index (χ0n) is 62.6. The van der Waals surface area contributed by atoms with E-state index in [-0.39, 0.29) is 17.5 Å². The summed E-state index contributed by atoms with van der Waals surface area (Å²) in [6.07, 6.45) is 6.91. The highest BCUT2D eigenvalue weighted by Gasteiger charge is 2.48. The molecule has 0 spiro atoms. The number of allylic oxidation sites excluding steroid dienone is 1. The molecule has 6 heterocycles. The topological polar surface area (TPSA) is 6.48 Å². The number of hydrogen-bond acceptors (Lipinski definition) is 6. The Morgan fingerprint density at radius 1 is 0.288 bits per heavy atom. The van der Waals surface area contributed by atoms with Crippen molar-refractivity contribution in [1.82, 2.24) is 0 Å². The molecule has 0 atom stereocenters.